The third-order valence-electron chi connectivity index (χ3n) is 3.26. The van der Waals surface area contributed by atoms with Gasteiger partial charge in [-0.25, -0.2) is 0 Å². The lowest BCUT2D eigenvalue weighted by atomic mass is 9.88. The number of rotatable bonds is 10. The van der Waals surface area contributed by atoms with Crippen LogP contribution in [0.1, 0.15) is 53.9 Å². The first-order valence-electron chi connectivity index (χ1n) is 7.16. The number of nitrogens with one attached hydrogen (secondary N) is 1. The summed E-state index contributed by atoms with van der Waals surface area (Å²) in [6, 6.07) is -0.108. The molecule has 0 heterocycles. The number of carboxylic acid groups (broad SMARTS) is 1. The number of carbonyl (C=O) groups is 3. The normalized spacial score (nSPS) is 14.3. The zero-order valence-electron chi connectivity index (χ0n) is 13.1. The van der Waals surface area contributed by atoms with Crippen molar-refractivity contribution in [1.82, 2.24) is 5.32 Å². The summed E-state index contributed by atoms with van der Waals surface area (Å²) in [7, 11) is 0. The maximum atomic E-state index is 12.3. The van der Waals surface area contributed by atoms with E-state index in [-0.39, 0.29) is 48.8 Å². The average molecular weight is 285 g/mol. The zero-order valence-corrected chi connectivity index (χ0v) is 13.1. The predicted octanol–water partition coefficient (Wildman–Crippen LogP) is 2.04. The van der Waals surface area contributed by atoms with Crippen molar-refractivity contribution in [2.24, 2.45) is 11.8 Å². The Kier molecular flexibility index (Phi) is 8.30. The van der Waals surface area contributed by atoms with E-state index in [1.54, 1.807) is 0 Å². The van der Waals surface area contributed by atoms with Crippen LogP contribution in [0.4, 0.5) is 0 Å². The first-order chi connectivity index (χ1) is 9.15. The fraction of sp³-hybridized carbons (Fsp3) is 0.800. The summed E-state index contributed by atoms with van der Waals surface area (Å²) >= 11 is 0. The minimum absolute atomic E-state index is 0.0145. The molecule has 2 unspecified atom stereocenters. The molecule has 2 N–H and O–H groups in total. The van der Waals surface area contributed by atoms with Crippen molar-refractivity contribution < 1.29 is 19.5 Å². The largest absolute Gasteiger partial charge is 0.481 e. The molecule has 2 atom stereocenters. The van der Waals surface area contributed by atoms with Gasteiger partial charge in [0.05, 0.1) is 6.04 Å². The monoisotopic (exact) mass is 285 g/mol. The molecule has 5 nitrogen and oxygen atoms in total. The summed E-state index contributed by atoms with van der Waals surface area (Å²) in [4.78, 5) is 34.4. The van der Waals surface area contributed by atoms with Gasteiger partial charge in [-0.2, -0.15) is 0 Å². The van der Waals surface area contributed by atoms with Crippen molar-refractivity contribution in [3.05, 3.63) is 0 Å². The van der Waals surface area contributed by atoms with Gasteiger partial charge in [0.25, 0.3) is 0 Å². The molecule has 5 heteroatoms. The third-order valence-corrected chi connectivity index (χ3v) is 3.26. The van der Waals surface area contributed by atoms with Crippen molar-refractivity contribution in [2.75, 3.05) is 0 Å². The molecule has 20 heavy (non-hydrogen) atoms. The standard InChI is InChI=1S/C15H27NO4/c1-9(2)15(16-10(3)4)13(18)8-12(11(5)17)6-7-14(19)20/h9-10,12,15-16H,6-8H2,1-5H3,(H,19,20). The minimum atomic E-state index is -0.940. The lowest BCUT2D eigenvalue weighted by molar-refractivity contribution is -0.138. The number of carbonyl (C=O) groups excluding carboxylic acids is 2. The van der Waals surface area contributed by atoms with E-state index in [9.17, 15) is 14.4 Å². The Morgan fingerprint density at radius 1 is 1.10 bits per heavy atom. The molecule has 0 radical (unpaired) electrons. The summed E-state index contributed by atoms with van der Waals surface area (Å²) in [6.45, 7) is 9.26. The Bertz CT molecular complexity index is 350. The molecular weight excluding hydrogens is 258 g/mol. The third kappa shape index (κ3) is 7.38. The van der Waals surface area contributed by atoms with Crippen molar-refractivity contribution in [2.45, 2.75) is 66.0 Å². The van der Waals surface area contributed by atoms with Gasteiger partial charge in [-0.05, 0) is 19.3 Å². The zero-order chi connectivity index (χ0) is 15.9. The lowest BCUT2D eigenvalue weighted by Gasteiger charge is -2.25. The number of Topliss-reactive ketones (excluding diaryl/α,β-unsaturated/α-hetero) is 2. The van der Waals surface area contributed by atoms with Crippen molar-refractivity contribution in [1.29, 1.82) is 0 Å². The van der Waals surface area contributed by atoms with E-state index in [0.29, 0.717) is 0 Å². The Hall–Kier alpha value is -1.23. The summed E-state index contributed by atoms with van der Waals surface area (Å²) in [5, 5.41) is 11.9. The molecule has 0 aliphatic heterocycles. The molecule has 116 valence electrons. The van der Waals surface area contributed by atoms with Crippen LogP contribution in [-0.4, -0.2) is 34.7 Å². The second-order valence-corrected chi connectivity index (χ2v) is 5.95. The molecule has 0 bridgehead atoms. The van der Waals surface area contributed by atoms with E-state index in [1.807, 2.05) is 27.7 Å². The Morgan fingerprint density at radius 3 is 2.00 bits per heavy atom. The van der Waals surface area contributed by atoms with Crippen LogP contribution in [0.3, 0.4) is 0 Å². The highest BCUT2D eigenvalue weighted by Crippen LogP contribution is 2.17. The van der Waals surface area contributed by atoms with Crippen molar-refractivity contribution >= 4 is 17.5 Å². The fourth-order valence-corrected chi connectivity index (χ4v) is 2.13. The highest BCUT2D eigenvalue weighted by Gasteiger charge is 2.27. The molecule has 0 aromatic heterocycles. The first kappa shape index (κ1) is 18.8. The predicted molar refractivity (Wildman–Crippen MR) is 77.6 cm³/mol. The van der Waals surface area contributed by atoms with Crippen LogP contribution in [-0.2, 0) is 14.4 Å². The first-order valence-corrected chi connectivity index (χ1v) is 7.16. The van der Waals surface area contributed by atoms with Gasteiger partial charge in [0, 0.05) is 24.8 Å². The Balaban J connectivity index is 4.70. The van der Waals surface area contributed by atoms with Crippen LogP contribution in [0.5, 0.6) is 0 Å². The Morgan fingerprint density at radius 2 is 1.65 bits per heavy atom. The molecule has 0 rings (SSSR count). The quantitative estimate of drug-likeness (QED) is 0.641. The second-order valence-electron chi connectivity index (χ2n) is 5.95. The van der Waals surface area contributed by atoms with E-state index in [4.69, 9.17) is 5.11 Å². The van der Waals surface area contributed by atoms with Crippen LogP contribution in [0, 0.1) is 11.8 Å². The summed E-state index contributed by atoms with van der Waals surface area (Å²) in [6.07, 6.45) is 0.259. The number of carboxylic acids is 1. The second kappa shape index (κ2) is 8.84. The number of ketones is 2. The van der Waals surface area contributed by atoms with Gasteiger partial charge in [-0.15, -0.1) is 0 Å². The molecule has 0 aromatic carbocycles. The van der Waals surface area contributed by atoms with Crippen LogP contribution >= 0.6 is 0 Å². The molecule has 0 aliphatic rings. The highest BCUT2D eigenvalue weighted by atomic mass is 16.4. The maximum Gasteiger partial charge on any atom is 0.303 e. The number of hydrogen-bond donors (Lipinski definition) is 2. The summed E-state index contributed by atoms with van der Waals surface area (Å²) in [5.74, 6) is -1.43. The van der Waals surface area contributed by atoms with E-state index in [0.717, 1.165) is 0 Å². The number of aliphatic carboxylic acids is 1. The smallest absolute Gasteiger partial charge is 0.303 e. The molecule has 0 saturated heterocycles. The number of hydrogen-bond acceptors (Lipinski definition) is 4. The SMILES string of the molecule is CC(=O)C(CCC(=O)O)CC(=O)C(NC(C)C)C(C)C. The van der Waals surface area contributed by atoms with E-state index in [2.05, 4.69) is 5.32 Å². The molecule has 0 saturated carbocycles. The van der Waals surface area contributed by atoms with Gasteiger partial charge in [0.2, 0.25) is 0 Å². The van der Waals surface area contributed by atoms with Gasteiger partial charge >= 0.3 is 5.97 Å². The highest BCUT2D eigenvalue weighted by molar-refractivity contribution is 5.90. The van der Waals surface area contributed by atoms with Gasteiger partial charge in [-0.1, -0.05) is 27.7 Å². The average Bonchev–Trinajstić information content (AvgIpc) is 2.29. The topological polar surface area (TPSA) is 83.5 Å². The Labute approximate surface area is 121 Å². The molecule has 0 aromatic rings. The van der Waals surface area contributed by atoms with Crippen LogP contribution in [0.2, 0.25) is 0 Å². The van der Waals surface area contributed by atoms with Gasteiger partial charge in [0.15, 0.2) is 5.78 Å². The van der Waals surface area contributed by atoms with Crippen LogP contribution < -0.4 is 5.32 Å². The minimum Gasteiger partial charge on any atom is -0.481 e. The maximum absolute atomic E-state index is 12.3. The van der Waals surface area contributed by atoms with Gasteiger partial charge in [0.1, 0.15) is 5.78 Å². The van der Waals surface area contributed by atoms with E-state index >= 15 is 0 Å². The molecule has 0 fully saturated rings. The van der Waals surface area contributed by atoms with Crippen molar-refractivity contribution in [3.8, 4) is 0 Å². The van der Waals surface area contributed by atoms with Crippen molar-refractivity contribution in [3.63, 3.8) is 0 Å². The summed E-state index contributed by atoms with van der Waals surface area (Å²) in [5.41, 5.74) is 0. The lowest BCUT2D eigenvalue weighted by Crippen LogP contribution is -2.45. The molecular formula is C15H27NO4. The van der Waals surface area contributed by atoms with E-state index < -0.39 is 11.9 Å². The molecule has 0 aliphatic carbocycles. The van der Waals surface area contributed by atoms with Crippen LogP contribution in [0.15, 0.2) is 0 Å². The van der Waals surface area contributed by atoms with E-state index in [1.165, 1.54) is 6.92 Å². The van der Waals surface area contributed by atoms with Crippen LogP contribution in [0.25, 0.3) is 0 Å². The summed E-state index contributed by atoms with van der Waals surface area (Å²) < 4.78 is 0. The molecule has 0 amide bonds. The molecule has 0 spiro atoms. The van der Waals surface area contributed by atoms with Gasteiger partial charge < -0.3 is 10.4 Å². The van der Waals surface area contributed by atoms with Gasteiger partial charge in [-0.3, -0.25) is 14.4 Å². The fourth-order valence-electron chi connectivity index (χ4n) is 2.13.